The first kappa shape index (κ1) is 20.2. The summed E-state index contributed by atoms with van der Waals surface area (Å²) in [5, 5.41) is 3.08. The normalized spacial score (nSPS) is 12.5. The number of amides is 1. The van der Waals surface area contributed by atoms with Crippen molar-refractivity contribution in [3.05, 3.63) is 53.1 Å². The van der Waals surface area contributed by atoms with Crippen molar-refractivity contribution in [3.8, 4) is 5.75 Å². The summed E-state index contributed by atoms with van der Waals surface area (Å²) < 4.78 is 32.1. The van der Waals surface area contributed by atoms with Crippen LogP contribution in [0, 0.1) is 0 Å². The number of benzene rings is 2. The van der Waals surface area contributed by atoms with E-state index in [-0.39, 0.29) is 16.8 Å². The van der Waals surface area contributed by atoms with Gasteiger partial charge in [-0.3, -0.25) is 4.79 Å². The van der Waals surface area contributed by atoms with E-state index < -0.39 is 10.0 Å². The zero-order valence-electron chi connectivity index (χ0n) is 14.7. The third-order valence-corrected chi connectivity index (χ3v) is 5.71. The summed E-state index contributed by atoms with van der Waals surface area (Å²) in [7, 11) is -2.09. The van der Waals surface area contributed by atoms with Gasteiger partial charge in [-0.1, -0.05) is 18.5 Å². The van der Waals surface area contributed by atoms with Crippen LogP contribution >= 0.6 is 11.6 Å². The van der Waals surface area contributed by atoms with Gasteiger partial charge < -0.3 is 10.1 Å². The van der Waals surface area contributed by atoms with Gasteiger partial charge in [-0.15, -0.1) is 0 Å². The fourth-order valence-corrected chi connectivity index (χ4v) is 3.73. The molecular formula is C18H21ClN2O4S. The van der Waals surface area contributed by atoms with E-state index in [0.717, 1.165) is 0 Å². The lowest BCUT2D eigenvalue weighted by Gasteiger charge is -2.12. The smallest absolute Gasteiger partial charge is 0.255 e. The van der Waals surface area contributed by atoms with E-state index in [1.54, 1.807) is 25.1 Å². The monoisotopic (exact) mass is 396 g/mol. The van der Waals surface area contributed by atoms with E-state index in [1.807, 2.05) is 6.92 Å². The number of hydrogen-bond acceptors (Lipinski definition) is 4. The van der Waals surface area contributed by atoms with E-state index in [1.165, 1.54) is 31.4 Å². The number of ether oxygens (including phenoxy) is 1. The second-order valence-corrected chi connectivity index (χ2v) is 7.88. The molecule has 0 bridgehead atoms. The van der Waals surface area contributed by atoms with Crippen molar-refractivity contribution in [1.29, 1.82) is 0 Å². The number of methoxy groups -OCH3 is 1. The molecule has 2 aromatic carbocycles. The van der Waals surface area contributed by atoms with Crippen LogP contribution in [-0.4, -0.2) is 27.5 Å². The molecule has 0 aliphatic rings. The van der Waals surface area contributed by atoms with Crippen LogP contribution in [0.1, 0.15) is 30.6 Å². The second kappa shape index (κ2) is 8.53. The summed E-state index contributed by atoms with van der Waals surface area (Å²) in [5.41, 5.74) is 0.843. The number of hydrogen-bond donors (Lipinski definition) is 2. The number of nitrogens with one attached hydrogen (secondary N) is 2. The lowest BCUT2D eigenvalue weighted by atomic mass is 10.2. The SMILES string of the molecule is CC[C@@H](C)NS(=O)(=O)c1ccc(C(=O)Nc2ccc(OC)c(Cl)c2)cc1. The molecule has 2 aromatic rings. The van der Waals surface area contributed by atoms with Crippen LogP contribution in [0.15, 0.2) is 47.4 Å². The lowest BCUT2D eigenvalue weighted by Crippen LogP contribution is -2.32. The summed E-state index contributed by atoms with van der Waals surface area (Å²) in [5.74, 6) is 0.137. The van der Waals surface area contributed by atoms with Gasteiger partial charge >= 0.3 is 0 Å². The molecule has 1 atom stereocenters. The number of anilines is 1. The van der Waals surface area contributed by atoms with E-state index in [4.69, 9.17) is 16.3 Å². The standard InChI is InChI=1S/C18H21ClN2O4S/c1-4-12(2)21-26(23,24)15-8-5-13(6-9-15)18(22)20-14-7-10-17(25-3)16(19)11-14/h5-12,21H,4H2,1-3H3,(H,20,22)/t12-/m1/s1. The Morgan fingerprint density at radius 2 is 1.85 bits per heavy atom. The molecule has 0 spiro atoms. The summed E-state index contributed by atoms with van der Waals surface area (Å²) in [4.78, 5) is 12.4. The predicted molar refractivity (Wildman–Crippen MR) is 102 cm³/mol. The Kier molecular flexibility index (Phi) is 6.63. The van der Waals surface area contributed by atoms with Crippen molar-refractivity contribution in [1.82, 2.24) is 4.72 Å². The molecule has 0 unspecified atom stereocenters. The molecule has 8 heteroatoms. The van der Waals surface area contributed by atoms with Crippen LogP contribution in [0.25, 0.3) is 0 Å². The van der Waals surface area contributed by atoms with E-state index in [2.05, 4.69) is 10.0 Å². The molecule has 140 valence electrons. The van der Waals surface area contributed by atoms with Crippen molar-refractivity contribution in [3.63, 3.8) is 0 Å². The van der Waals surface area contributed by atoms with Crippen LogP contribution in [0.2, 0.25) is 5.02 Å². The van der Waals surface area contributed by atoms with Crippen molar-refractivity contribution >= 4 is 33.2 Å². The van der Waals surface area contributed by atoms with Crippen LogP contribution in [0.3, 0.4) is 0 Å². The first-order chi connectivity index (χ1) is 12.3. The minimum atomic E-state index is -3.60. The van der Waals surface area contributed by atoms with E-state index >= 15 is 0 Å². The van der Waals surface area contributed by atoms with Crippen LogP contribution in [0.4, 0.5) is 5.69 Å². The van der Waals surface area contributed by atoms with Crippen molar-refractivity contribution < 1.29 is 17.9 Å². The zero-order valence-corrected chi connectivity index (χ0v) is 16.3. The van der Waals surface area contributed by atoms with Crippen LogP contribution in [0.5, 0.6) is 5.75 Å². The largest absolute Gasteiger partial charge is 0.495 e. The molecule has 0 fully saturated rings. The number of rotatable bonds is 7. The molecule has 0 aromatic heterocycles. The van der Waals surface area contributed by atoms with Gasteiger partial charge in [0.05, 0.1) is 17.0 Å². The maximum absolute atomic E-state index is 12.3. The molecule has 0 aliphatic carbocycles. The molecule has 26 heavy (non-hydrogen) atoms. The van der Waals surface area contributed by atoms with Gasteiger partial charge in [-0.25, -0.2) is 13.1 Å². The Morgan fingerprint density at radius 3 is 2.38 bits per heavy atom. The van der Waals surface area contributed by atoms with Gasteiger partial charge in [0.25, 0.3) is 5.91 Å². The molecule has 2 rings (SSSR count). The summed E-state index contributed by atoms with van der Waals surface area (Å²) in [6.45, 7) is 3.69. The van der Waals surface area contributed by atoms with Gasteiger partial charge in [0.1, 0.15) is 5.75 Å². The van der Waals surface area contributed by atoms with Gasteiger partial charge in [-0.2, -0.15) is 0 Å². The number of halogens is 1. The summed E-state index contributed by atoms with van der Waals surface area (Å²) in [6.07, 6.45) is 0.685. The average molecular weight is 397 g/mol. The van der Waals surface area contributed by atoms with Crippen LogP contribution in [-0.2, 0) is 10.0 Å². The van der Waals surface area contributed by atoms with Gasteiger partial charge in [0.2, 0.25) is 10.0 Å². The number of sulfonamides is 1. The van der Waals surface area contributed by atoms with Crippen LogP contribution < -0.4 is 14.8 Å². The Labute approximate surface area is 158 Å². The predicted octanol–water partition coefficient (Wildman–Crippen LogP) is 3.68. The Balaban J connectivity index is 2.12. The Morgan fingerprint density at radius 1 is 1.19 bits per heavy atom. The van der Waals surface area contributed by atoms with Crippen molar-refractivity contribution in [2.45, 2.75) is 31.2 Å². The minimum Gasteiger partial charge on any atom is -0.495 e. The fourth-order valence-electron chi connectivity index (χ4n) is 2.15. The molecule has 0 saturated heterocycles. The molecule has 0 saturated carbocycles. The third-order valence-electron chi connectivity index (χ3n) is 3.81. The first-order valence-electron chi connectivity index (χ1n) is 8.04. The molecule has 0 aliphatic heterocycles. The van der Waals surface area contributed by atoms with Crippen molar-refractivity contribution in [2.75, 3.05) is 12.4 Å². The summed E-state index contributed by atoms with van der Waals surface area (Å²) >= 11 is 6.03. The molecular weight excluding hydrogens is 376 g/mol. The first-order valence-corrected chi connectivity index (χ1v) is 9.90. The third kappa shape index (κ3) is 4.97. The molecule has 0 radical (unpaired) electrons. The highest BCUT2D eigenvalue weighted by Crippen LogP contribution is 2.27. The molecule has 2 N–H and O–H groups in total. The maximum atomic E-state index is 12.3. The van der Waals surface area contributed by atoms with E-state index in [0.29, 0.717) is 28.4 Å². The quantitative estimate of drug-likeness (QED) is 0.747. The highest BCUT2D eigenvalue weighted by atomic mass is 35.5. The molecule has 0 heterocycles. The van der Waals surface area contributed by atoms with Gasteiger partial charge in [-0.05, 0) is 55.8 Å². The van der Waals surface area contributed by atoms with Crippen molar-refractivity contribution in [2.24, 2.45) is 0 Å². The fraction of sp³-hybridized carbons (Fsp3) is 0.278. The molecule has 6 nitrogen and oxygen atoms in total. The highest BCUT2D eigenvalue weighted by Gasteiger charge is 2.17. The maximum Gasteiger partial charge on any atom is 0.255 e. The number of carbonyl (C=O) groups is 1. The van der Waals surface area contributed by atoms with Gasteiger partial charge in [0, 0.05) is 17.3 Å². The second-order valence-electron chi connectivity index (χ2n) is 5.76. The Hall–Kier alpha value is -2.09. The Bertz CT molecular complexity index is 883. The van der Waals surface area contributed by atoms with E-state index in [9.17, 15) is 13.2 Å². The number of carbonyl (C=O) groups excluding carboxylic acids is 1. The topological polar surface area (TPSA) is 84.5 Å². The molecule has 1 amide bonds. The minimum absolute atomic E-state index is 0.113. The zero-order chi connectivity index (χ0) is 19.3. The average Bonchev–Trinajstić information content (AvgIpc) is 2.61. The lowest BCUT2D eigenvalue weighted by molar-refractivity contribution is 0.102. The summed E-state index contributed by atoms with van der Waals surface area (Å²) in [6, 6.07) is 10.5. The highest BCUT2D eigenvalue weighted by molar-refractivity contribution is 7.89. The van der Waals surface area contributed by atoms with Gasteiger partial charge in [0.15, 0.2) is 0 Å².